The summed E-state index contributed by atoms with van der Waals surface area (Å²) in [6.45, 7) is 0.680. The van der Waals surface area contributed by atoms with E-state index in [4.69, 9.17) is 5.73 Å². The fraction of sp³-hybridized carbons (Fsp3) is 0.278. The van der Waals surface area contributed by atoms with E-state index in [0.717, 1.165) is 24.1 Å². The predicted octanol–water partition coefficient (Wildman–Crippen LogP) is 2.59. The number of hydrogen-bond donors (Lipinski definition) is 1. The second-order valence-corrected chi connectivity index (χ2v) is 6.10. The number of para-hydroxylation sites is 2. The molecule has 0 radical (unpaired) electrons. The molecule has 7 nitrogen and oxygen atoms in total. The van der Waals surface area contributed by atoms with Gasteiger partial charge in [0.1, 0.15) is 5.69 Å². The second-order valence-electron chi connectivity index (χ2n) is 6.10. The number of fused-ring (bicyclic) bond motifs is 1. The van der Waals surface area contributed by atoms with Gasteiger partial charge in [-0.05, 0) is 36.6 Å². The number of hydrogen-bond acceptors (Lipinski definition) is 5. The van der Waals surface area contributed by atoms with E-state index in [9.17, 15) is 14.9 Å². The quantitative estimate of drug-likeness (QED) is 0.524. The first-order valence-corrected chi connectivity index (χ1v) is 8.11. The lowest BCUT2D eigenvalue weighted by molar-refractivity contribution is -0.384. The van der Waals surface area contributed by atoms with E-state index >= 15 is 0 Å². The average molecular weight is 340 g/mol. The van der Waals surface area contributed by atoms with Crippen molar-refractivity contribution in [2.75, 3.05) is 35.7 Å². The highest BCUT2D eigenvalue weighted by Gasteiger charge is 2.26. The van der Waals surface area contributed by atoms with Crippen molar-refractivity contribution in [1.29, 1.82) is 0 Å². The molecular formula is C18H20N4O3. The Bertz CT molecular complexity index is 822. The number of rotatable bonds is 4. The lowest BCUT2D eigenvalue weighted by Crippen LogP contribution is -2.42. The zero-order chi connectivity index (χ0) is 18.0. The molecule has 2 N–H and O–H groups in total. The standard InChI is InChI=1S/C18H20N4O3/c1-20(16-8-2-3-9-17(16)22(24)25)12-18(23)21-11-5-6-13-14(19)7-4-10-15(13)21/h2-4,7-10H,5-6,11-12,19H2,1H3. The number of amides is 1. The Balaban J connectivity index is 1.82. The topological polar surface area (TPSA) is 92.7 Å². The minimum Gasteiger partial charge on any atom is -0.398 e. The van der Waals surface area contributed by atoms with Crippen LogP contribution in [0, 0.1) is 10.1 Å². The second kappa shape index (κ2) is 6.80. The van der Waals surface area contributed by atoms with Gasteiger partial charge in [-0.2, -0.15) is 0 Å². The van der Waals surface area contributed by atoms with Gasteiger partial charge in [-0.15, -0.1) is 0 Å². The lowest BCUT2D eigenvalue weighted by Gasteiger charge is -2.32. The van der Waals surface area contributed by atoms with Crippen LogP contribution in [0.4, 0.5) is 22.7 Å². The molecule has 1 amide bonds. The van der Waals surface area contributed by atoms with Crippen molar-refractivity contribution in [1.82, 2.24) is 0 Å². The normalized spacial score (nSPS) is 13.2. The first-order valence-electron chi connectivity index (χ1n) is 8.11. The van der Waals surface area contributed by atoms with E-state index in [2.05, 4.69) is 0 Å². The highest BCUT2D eigenvalue weighted by Crippen LogP contribution is 2.32. The first-order chi connectivity index (χ1) is 12.0. The summed E-state index contributed by atoms with van der Waals surface area (Å²) in [6, 6.07) is 12.0. The van der Waals surface area contributed by atoms with Crippen molar-refractivity contribution in [3.63, 3.8) is 0 Å². The molecule has 2 aromatic carbocycles. The molecule has 0 unspecified atom stereocenters. The number of nitro benzene ring substituents is 1. The van der Waals surface area contributed by atoms with Gasteiger partial charge in [0.05, 0.1) is 11.5 Å². The summed E-state index contributed by atoms with van der Waals surface area (Å²) in [4.78, 5) is 26.9. The predicted molar refractivity (Wildman–Crippen MR) is 97.9 cm³/mol. The Labute approximate surface area is 145 Å². The zero-order valence-corrected chi connectivity index (χ0v) is 14.0. The summed E-state index contributed by atoms with van der Waals surface area (Å²) in [5.41, 5.74) is 8.97. The summed E-state index contributed by atoms with van der Waals surface area (Å²) in [5, 5.41) is 11.2. The maximum Gasteiger partial charge on any atom is 0.292 e. The molecule has 7 heteroatoms. The molecule has 0 aliphatic carbocycles. The summed E-state index contributed by atoms with van der Waals surface area (Å²) >= 11 is 0. The van der Waals surface area contributed by atoms with Gasteiger partial charge in [-0.3, -0.25) is 14.9 Å². The molecule has 2 aromatic rings. The summed E-state index contributed by atoms with van der Waals surface area (Å²) < 4.78 is 0. The molecule has 0 bridgehead atoms. The molecule has 1 heterocycles. The maximum atomic E-state index is 12.8. The van der Waals surface area contributed by atoms with Gasteiger partial charge < -0.3 is 15.5 Å². The highest BCUT2D eigenvalue weighted by molar-refractivity contribution is 5.98. The number of anilines is 3. The SMILES string of the molecule is CN(CC(=O)N1CCCc2c(N)cccc21)c1ccccc1[N+](=O)[O-]. The number of carbonyl (C=O) groups excluding carboxylic acids is 1. The van der Waals surface area contributed by atoms with E-state index in [0.29, 0.717) is 17.9 Å². The third kappa shape index (κ3) is 3.26. The van der Waals surface area contributed by atoms with Crippen molar-refractivity contribution in [2.45, 2.75) is 12.8 Å². The molecule has 0 saturated carbocycles. The summed E-state index contributed by atoms with van der Waals surface area (Å²) in [7, 11) is 1.68. The minimum atomic E-state index is -0.437. The number of benzene rings is 2. The van der Waals surface area contributed by atoms with Crippen LogP contribution in [0.15, 0.2) is 42.5 Å². The largest absolute Gasteiger partial charge is 0.398 e. The number of carbonyl (C=O) groups is 1. The molecule has 1 aliphatic rings. The number of nitrogens with zero attached hydrogens (tertiary/aromatic N) is 3. The Hall–Kier alpha value is -3.09. The molecule has 0 saturated heterocycles. The van der Waals surface area contributed by atoms with Crippen LogP contribution in [-0.2, 0) is 11.2 Å². The van der Waals surface area contributed by atoms with E-state index in [-0.39, 0.29) is 18.1 Å². The smallest absolute Gasteiger partial charge is 0.292 e. The van der Waals surface area contributed by atoms with Gasteiger partial charge in [0, 0.05) is 31.0 Å². The van der Waals surface area contributed by atoms with Crippen LogP contribution < -0.4 is 15.5 Å². The van der Waals surface area contributed by atoms with Crippen LogP contribution in [0.1, 0.15) is 12.0 Å². The average Bonchev–Trinajstić information content (AvgIpc) is 2.61. The van der Waals surface area contributed by atoms with Crippen molar-refractivity contribution in [2.24, 2.45) is 0 Å². The molecular weight excluding hydrogens is 320 g/mol. The molecule has 25 heavy (non-hydrogen) atoms. The van der Waals surface area contributed by atoms with Gasteiger partial charge in [0.2, 0.25) is 5.91 Å². The molecule has 1 aliphatic heterocycles. The summed E-state index contributed by atoms with van der Waals surface area (Å²) in [5.74, 6) is -0.104. The number of nitrogen functional groups attached to an aromatic ring is 1. The van der Waals surface area contributed by atoms with E-state index in [1.807, 2.05) is 18.2 Å². The van der Waals surface area contributed by atoms with Gasteiger partial charge in [-0.1, -0.05) is 18.2 Å². The summed E-state index contributed by atoms with van der Waals surface area (Å²) in [6.07, 6.45) is 1.70. The van der Waals surface area contributed by atoms with Crippen LogP contribution in [0.3, 0.4) is 0 Å². The number of likely N-dealkylation sites (N-methyl/N-ethyl adjacent to an activating group) is 1. The van der Waals surface area contributed by atoms with Crippen LogP contribution >= 0.6 is 0 Å². The maximum absolute atomic E-state index is 12.8. The van der Waals surface area contributed by atoms with Crippen molar-refractivity contribution in [3.05, 3.63) is 58.1 Å². The van der Waals surface area contributed by atoms with Gasteiger partial charge in [-0.25, -0.2) is 0 Å². The molecule has 0 fully saturated rings. The van der Waals surface area contributed by atoms with Crippen LogP contribution in [0.5, 0.6) is 0 Å². The van der Waals surface area contributed by atoms with Crippen molar-refractivity contribution < 1.29 is 9.72 Å². The third-order valence-electron chi connectivity index (χ3n) is 4.45. The zero-order valence-electron chi connectivity index (χ0n) is 14.0. The van der Waals surface area contributed by atoms with Crippen LogP contribution in [0.2, 0.25) is 0 Å². The fourth-order valence-electron chi connectivity index (χ4n) is 3.23. The van der Waals surface area contributed by atoms with Gasteiger partial charge in [0.25, 0.3) is 5.69 Å². The van der Waals surface area contributed by atoms with E-state index < -0.39 is 4.92 Å². The van der Waals surface area contributed by atoms with Gasteiger partial charge in [0.15, 0.2) is 0 Å². The third-order valence-corrected chi connectivity index (χ3v) is 4.45. The van der Waals surface area contributed by atoms with Crippen molar-refractivity contribution >= 4 is 28.7 Å². The Morgan fingerprint density at radius 3 is 2.80 bits per heavy atom. The number of nitro groups is 1. The fourth-order valence-corrected chi connectivity index (χ4v) is 3.23. The van der Waals surface area contributed by atoms with E-state index in [1.54, 1.807) is 35.0 Å². The van der Waals surface area contributed by atoms with Crippen molar-refractivity contribution in [3.8, 4) is 0 Å². The molecule has 3 rings (SSSR count). The Morgan fingerprint density at radius 2 is 2.04 bits per heavy atom. The molecule has 130 valence electrons. The van der Waals surface area contributed by atoms with Crippen LogP contribution in [0.25, 0.3) is 0 Å². The monoisotopic (exact) mass is 340 g/mol. The Kier molecular flexibility index (Phi) is 4.56. The molecule has 0 spiro atoms. The Morgan fingerprint density at radius 1 is 1.28 bits per heavy atom. The minimum absolute atomic E-state index is 0.0129. The molecule has 0 aromatic heterocycles. The van der Waals surface area contributed by atoms with Crippen LogP contribution in [-0.4, -0.2) is 31.0 Å². The molecule has 0 atom stereocenters. The number of nitrogens with two attached hydrogens (primary N) is 1. The first kappa shape index (κ1) is 16.8. The van der Waals surface area contributed by atoms with Gasteiger partial charge >= 0.3 is 0 Å². The lowest BCUT2D eigenvalue weighted by atomic mass is 10.00. The highest BCUT2D eigenvalue weighted by atomic mass is 16.6. The van der Waals surface area contributed by atoms with E-state index in [1.165, 1.54) is 6.07 Å².